The van der Waals surface area contributed by atoms with E-state index < -0.39 is 52.4 Å². The number of rotatable bonds is 17. The van der Waals surface area contributed by atoms with Gasteiger partial charge in [0, 0.05) is 30.9 Å². The second-order valence-corrected chi connectivity index (χ2v) is 16.0. The highest BCUT2D eigenvalue weighted by molar-refractivity contribution is 7.87. The number of imide groups is 1. The fraction of sp³-hybridized carbons (Fsp3) is 0.667. The van der Waals surface area contributed by atoms with E-state index in [1.54, 1.807) is 29.6 Å². The predicted molar refractivity (Wildman–Crippen MR) is 185 cm³/mol. The molecule has 2 amide bonds. The zero-order valence-corrected chi connectivity index (χ0v) is 29.6. The van der Waals surface area contributed by atoms with Gasteiger partial charge in [0.2, 0.25) is 11.8 Å². The number of ether oxygens (including phenoxy) is 1. The number of aromatic nitrogens is 1. The molecular formula is C33H52N6O7S2. The third kappa shape index (κ3) is 11.8. The molecule has 7 N–H and O–H groups in total. The van der Waals surface area contributed by atoms with E-state index >= 15 is 0 Å². The fourth-order valence-electron chi connectivity index (χ4n) is 6.46. The van der Waals surface area contributed by atoms with Crippen LogP contribution in [-0.4, -0.2) is 96.4 Å². The number of amides is 2. The third-order valence-electron chi connectivity index (χ3n) is 8.99. The molecule has 1 aromatic carbocycles. The molecule has 268 valence electrons. The number of nitrogen functional groups attached to an aromatic ring is 1. The zero-order valence-electron chi connectivity index (χ0n) is 27.9. The number of aliphatic hydroxyl groups is 2. The summed E-state index contributed by atoms with van der Waals surface area (Å²) in [7, 11) is -4.08. The molecule has 2 heterocycles. The molecule has 1 saturated carbocycles. The summed E-state index contributed by atoms with van der Waals surface area (Å²) in [6.45, 7) is 4.70. The van der Waals surface area contributed by atoms with Crippen LogP contribution in [0.1, 0.15) is 70.1 Å². The van der Waals surface area contributed by atoms with Crippen molar-refractivity contribution in [2.24, 2.45) is 11.8 Å². The van der Waals surface area contributed by atoms with Gasteiger partial charge in [0.15, 0.2) is 5.13 Å². The standard InChI is InChI=1S/C33H52N6O7S2/c1-22(2)17-29(40)30(41)26(18-23-9-5-3-6-10-23)36-27(20-25-21-47-33(34)35-25)31(42)37-32(43)28(19-24-11-7-4-8-12-24)38-48(44,45)39-13-15-46-16-14-39/h4,7-8,11-12,21-23,26-30,36,38,40-41H,3,5-6,9-10,13-20H2,1-2H3,(H2,34,35)(H,37,42,43). The van der Waals surface area contributed by atoms with Crippen molar-refractivity contribution in [3.05, 3.63) is 47.0 Å². The molecule has 2 aromatic rings. The minimum Gasteiger partial charge on any atom is -0.390 e. The first kappa shape index (κ1) is 38.3. The predicted octanol–water partition coefficient (Wildman–Crippen LogP) is 1.75. The molecule has 5 unspecified atom stereocenters. The lowest BCUT2D eigenvalue weighted by Gasteiger charge is -2.35. The van der Waals surface area contributed by atoms with Crippen LogP contribution in [0, 0.1) is 11.8 Å². The average Bonchev–Trinajstić information content (AvgIpc) is 3.48. The summed E-state index contributed by atoms with van der Waals surface area (Å²) in [6, 6.07) is 5.97. The minimum atomic E-state index is -4.08. The molecule has 48 heavy (non-hydrogen) atoms. The van der Waals surface area contributed by atoms with E-state index in [4.69, 9.17) is 10.5 Å². The first-order valence-corrected chi connectivity index (χ1v) is 19.3. The van der Waals surface area contributed by atoms with Gasteiger partial charge in [-0.1, -0.05) is 76.3 Å². The van der Waals surface area contributed by atoms with Crippen molar-refractivity contribution in [3.63, 3.8) is 0 Å². The van der Waals surface area contributed by atoms with Gasteiger partial charge in [-0.2, -0.15) is 17.4 Å². The molecule has 4 rings (SSSR count). The molecule has 0 bridgehead atoms. The first-order chi connectivity index (χ1) is 22.9. The van der Waals surface area contributed by atoms with Crippen LogP contribution in [0.4, 0.5) is 5.13 Å². The second-order valence-electron chi connectivity index (χ2n) is 13.4. The Labute approximate surface area is 288 Å². The minimum absolute atomic E-state index is 0.00858. The van der Waals surface area contributed by atoms with Crippen LogP contribution in [0.25, 0.3) is 0 Å². The number of hydrogen-bond acceptors (Lipinski definition) is 11. The molecule has 15 heteroatoms. The number of morpholine rings is 1. The van der Waals surface area contributed by atoms with E-state index in [9.17, 15) is 28.2 Å². The number of carbonyl (C=O) groups excluding carboxylic acids is 2. The maximum Gasteiger partial charge on any atom is 0.280 e. The van der Waals surface area contributed by atoms with Crippen LogP contribution < -0.4 is 21.1 Å². The van der Waals surface area contributed by atoms with Gasteiger partial charge in [0.25, 0.3) is 10.2 Å². The maximum atomic E-state index is 14.0. The second kappa shape index (κ2) is 18.5. The van der Waals surface area contributed by atoms with Gasteiger partial charge in [0.1, 0.15) is 6.04 Å². The number of carbonyl (C=O) groups is 2. The number of benzene rings is 1. The number of nitrogens with two attached hydrogens (primary N) is 1. The van der Waals surface area contributed by atoms with Crippen molar-refractivity contribution in [2.45, 2.75) is 102 Å². The van der Waals surface area contributed by atoms with Gasteiger partial charge in [-0.3, -0.25) is 14.9 Å². The van der Waals surface area contributed by atoms with Gasteiger partial charge >= 0.3 is 0 Å². The molecule has 1 aromatic heterocycles. The lowest BCUT2D eigenvalue weighted by molar-refractivity contribution is -0.133. The fourth-order valence-corrected chi connectivity index (χ4v) is 8.37. The van der Waals surface area contributed by atoms with Gasteiger partial charge in [-0.05, 0) is 36.7 Å². The van der Waals surface area contributed by atoms with E-state index in [0.29, 0.717) is 35.1 Å². The normalized spacial score (nSPS) is 19.8. The smallest absolute Gasteiger partial charge is 0.280 e. The molecule has 0 spiro atoms. The summed E-state index contributed by atoms with van der Waals surface area (Å²) >= 11 is 1.22. The number of anilines is 1. The van der Waals surface area contributed by atoms with Crippen LogP contribution >= 0.6 is 11.3 Å². The summed E-state index contributed by atoms with van der Waals surface area (Å²) in [5.74, 6) is -1.06. The number of nitrogens with one attached hydrogen (secondary N) is 3. The lowest BCUT2D eigenvalue weighted by Crippen LogP contribution is -2.59. The molecule has 2 fully saturated rings. The highest BCUT2D eigenvalue weighted by Crippen LogP contribution is 2.29. The van der Waals surface area contributed by atoms with Crippen molar-refractivity contribution in [1.82, 2.24) is 24.6 Å². The Balaban J connectivity index is 1.57. The van der Waals surface area contributed by atoms with Crippen LogP contribution in [-0.2, 0) is 37.4 Å². The summed E-state index contributed by atoms with van der Waals surface area (Å²) < 4.78 is 35.7. The Bertz CT molecular complexity index is 1400. The van der Waals surface area contributed by atoms with Crippen molar-refractivity contribution >= 4 is 38.5 Å². The van der Waals surface area contributed by atoms with Gasteiger partial charge in [-0.15, -0.1) is 11.3 Å². The maximum absolute atomic E-state index is 14.0. The van der Waals surface area contributed by atoms with E-state index in [1.165, 1.54) is 15.6 Å². The summed E-state index contributed by atoms with van der Waals surface area (Å²) in [4.78, 5) is 32.1. The molecule has 2 aliphatic rings. The van der Waals surface area contributed by atoms with Crippen molar-refractivity contribution in [1.29, 1.82) is 0 Å². The van der Waals surface area contributed by atoms with E-state index in [2.05, 4.69) is 20.3 Å². The molecule has 5 atom stereocenters. The van der Waals surface area contributed by atoms with Crippen LogP contribution in [0.5, 0.6) is 0 Å². The van der Waals surface area contributed by atoms with Gasteiger partial charge in [0.05, 0.1) is 37.2 Å². The Hall–Kier alpha value is -2.50. The number of hydrogen-bond donors (Lipinski definition) is 6. The molecule has 1 aliphatic carbocycles. The lowest BCUT2D eigenvalue weighted by atomic mass is 9.82. The van der Waals surface area contributed by atoms with Gasteiger partial charge in [-0.25, -0.2) is 4.98 Å². The SMILES string of the molecule is CC(C)CC(O)C(O)C(CC1CCCCC1)NC(Cc1csc(N)n1)C(=O)NC(=O)C(Cc1ccccc1)NS(=O)(=O)N1CCOCC1. The van der Waals surface area contributed by atoms with Crippen LogP contribution in [0.15, 0.2) is 35.7 Å². The summed E-state index contributed by atoms with van der Waals surface area (Å²) in [5, 5.41) is 30.2. The number of aliphatic hydroxyl groups excluding tert-OH is 2. The van der Waals surface area contributed by atoms with Gasteiger partial charge < -0.3 is 26.0 Å². The molecule has 0 radical (unpaired) electrons. The topological polar surface area (TPSA) is 196 Å². The zero-order chi connectivity index (χ0) is 34.7. The largest absolute Gasteiger partial charge is 0.390 e. The monoisotopic (exact) mass is 708 g/mol. The summed E-state index contributed by atoms with van der Waals surface area (Å²) in [5.41, 5.74) is 7.12. The summed E-state index contributed by atoms with van der Waals surface area (Å²) in [6.07, 6.45) is 4.13. The molecule has 13 nitrogen and oxygen atoms in total. The Morgan fingerprint density at radius 1 is 1.04 bits per heavy atom. The number of thiazole rings is 1. The van der Waals surface area contributed by atoms with Crippen LogP contribution in [0.3, 0.4) is 0 Å². The Morgan fingerprint density at radius 3 is 2.33 bits per heavy atom. The third-order valence-corrected chi connectivity index (χ3v) is 11.3. The van der Waals surface area contributed by atoms with E-state index in [0.717, 1.165) is 32.1 Å². The average molecular weight is 709 g/mol. The Kier molecular flexibility index (Phi) is 14.7. The van der Waals surface area contributed by atoms with E-state index in [1.807, 2.05) is 19.9 Å². The molecule has 1 aliphatic heterocycles. The highest BCUT2D eigenvalue weighted by Gasteiger charge is 2.36. The molecular weight excluding hydrogens is 657 g/mol. The molecule has 1 saturated heterocycles. The highest BCUT2D eigenvalue weighted by atomic mass is 32.2. The number of nitrogens with zero attached hydrogens (tertiary/aromatic N) is 2. The van der Waals surface area contributed by atoms with E-state index in [-0.39, 0.29) is 45.1 Å². The van der Waals surface area contributed by atoms with Crippen molar-refractivity contribution in [2.75, 3.05) is 32.0 Å². The van der Waals surface area contributed by atoms with Crippen LogP contribution in [0.2, 0.25) is 0 Å². The van der Waals surface area contributed by atoms with Crippen molar-refractivity contribution in [3.8, 4) is 0 Å². The quantitative estimate of drug-likeness (QED) is 0.141. The Morgan fingerprint density at radius 2 is 1.71 bits per heavy atom. The first-order valence-electron chi connectivity index (χ1n) is 17.0. The van der Waals surface area contributed by atoms with Crippen molar-refractivity contribution < 1.29 is 33.0 Å².